The predicted molar refractivity (Wildman–Crippen MR) is 143 cm³/mol. The number of hydrogen-bond donors (Lipinski definition) is 1. The first kappa shape index (κ1) is 27.0. The summed E-state index contributed by atoms with van der Waals surface area (Å²) >= 11 is 0. The zero-order valence-electron chi connectivity index (χ0n) is 22.6. The molecule has 2 aromatic heterocycles. The lowest BCUT2D eigenvalue weighted by Crippen LogP contribution is -2.60. The number of nitrogens with one attached hydrogen (secondary N) is 1. The van der Waals surface area contributed by atoms with Crippen molar-refractivity contribution >= 4 is 29.9 Å². The van der Waals surface area contributed by atoms with Crippen molar-refractivity contribution in [2.45, 2.75) is 50.0 Å². The molecule has 0 spiro atoms. The maximum Gasteiger partial charge on any atom is 0.328 e. The van der Waals surface area contributed by atoms with Gasteiger partial charge in [0.05, 0.1) is 18.8 Å². The molecule has 1 atom stereocenters. The number of hydrogen-bond acceptors (Lipinski definition) is 9. The lowest BCUT2D eigenvalue weighted by atomic mass is 9.68. The molecule has 2 bridgehead atoms. The number of pyridine rings is 2. The van der Waals surface area contributed by atoms with Gasteiger partial charge in [0.1, 0.15) is 47.0 Å². The molecular weight excluding hydrogens is 533 g/mol. The number of ether oxygens (including phenoxy) is 2. The molecule has 2 saturated heterocycles. The standard InChI is InChI=1S/C28H30FN7O5/c1-34-4-5-35(25(38)14-34)13-17-7-21-26(32-22(17)15-37)36(19-9-28(21,29)10-19)27(39)33-24-8-23(18(11-30)12-31-24)41-16-20-3-2-6-40-20/h7-8,12,15,19-20H,2-6,9-10,13-14,16H2,1H3,(H,31,33,39). The van der Waals surface area contributed by atoms with E-state index in [2.05, 4.69) is 15.3 Å². The number of nitrogens with zero attached hydrogens (tertiary/aromatic N) is 6. The fourth-order valence-electron chi connectivity index (χ4n) is 5.86. The SMILES string of the molecule is CN1CCN(Cc2cc3c(nc2C=O)N(C(=O)Nc2cc(OCC4CCCO4)c(C#N)cn2)C2CC3(F)C2)C(=O)C1. The van der Waals surface area contributed by atoms with Crippen molar-refractivity contribution in [2.75, 3.05) is 50.1 Å². The van der Waals surface area contributed by atoms with Gasteiger partial charge in [-0.2, -0.15) is 5.26 Å². The van der Waals surface area contributed by atoms with E-state index in [9.17, 15) is 19.6 Å². The molecule has 5 aliphatic rings. The minimum atomic E-state index is -1.66. The monoisotopic (exact) mass is 563 g/mol. The Bertz CT molecular complexity index is 1430. The Morgan fingerprint density at radius 3 is 2.90 bits per heavy atom. The number of alkyl halides is 1. The molecule has 41 heavy (non-hydrogen) atoms. The van der Waals surface area contributed by atoms with E-state index in [4.69, 9.17) is 9.47 Å². The Morgan fingerprint density at radius 2 is 2.20 bits per heavy atom. The van der Waals surface area contributed by atoms with Gasteiger partial charge in [0.15, 0.2) is 6.29 Å². The van der Waals surface area contributed by atoms with Gasteiger partial charge in [0, 0.05) is 62.3 Å². The summed E-state index contributed by atoms with van der Waals surface area (Å²) in [6.45, 7) is 2.52. The number of carbonyl (C=O) groups is 3. The average molecular weight is 564 g/mol. The zero-order chi connectivity index (χ0) is 28.7. The van der Waals surface area contributed by atoms with Gasteiger partial charge in [-0.15, -0.1) is 0 Å². The topological polar surface area (TPSA) is 141 Å². The van der Waals surface area contributed by atoms with Crippen LogP contribution in [0.15, 0.2) is 18.3 Å². The highest BCUT2D eigenvalue weighted by Crippen LogP contribution is 2.56. The van der Waals surface area contributed by atoms with Crippen LogP contribution in [0.1, 0.15) is 52.9 Å². The third kappa shape index (κ3) is 5.09. The van der Waals surface area contributed by atoms with Gasteiger partial charge in [-0.1, -0.05) is 0 Å². The van der Waals surface area contributed by atoms with E-state index in [1.54, 1.807) is 11.0 Å². The van der Waals surface area contributed by atoms with Crippen LogP contribution in [-0.4, -0.2) is 90.0 Å². The summed E-state index contributed by atoms with van der Waals surface area (Å²) in [5.74, 6) is 0.409. The second kappa shape index (κ2) is 10.7. The minimum Gasteiger partial charge on any atom is -0.489 e. The van der Waals surface area contributed by atoms with Crippen LogP contribution in [0, 0.1) is 11.3 Å². The number of urea groups is 1. The number of anilines is 2. The first-order chi connectivity index (χ1) is 19.8. The number of amides is 3. The Kier molecular flexibility index (Phi) is 7.04. The maximum absolute atomic E-state index is 15.8. The predicted octanol–water partition coefficient (Wildman–Crippen LogP) is 2.37. The molecule has 1 saturated carbocycles. The minimum absolute atomic E-state index is 0.0551. The second-order valence-corrected chi connectivity index (χ2v) is 11.0. The molecule has 12 nitrogen and oxygen atoms in total. The summed E-state index contributed by atoms with van der Waals surface area (Å²) in [6, 6.07) is 4.04. The molecular formula is C28H30FN7O5. The summed E-state index contributed by atoms with van der Waals surface area (Å²) in [7, 11) is 1.86. The molecule has 2 aromatic rings. The Balaban J connectivity index is 1.24. The van der Waals surface area contributed by atoms with E-state index in [0.29, 0.717) is 31.5 Å². The van der Waals surface area contributed by atoms with E-state index in [1.807, 2.05) is 18.0 Å². The summed E-state index contributed by atoms with van der Waals surface area (Å²) in [4.78, 5) is 51.6. The van der Waals surface area contributed by atoms with Crippen LogP contribution in [0.25, 0.3) is 0 Å². The largest absolute Gasteiger partial charge is 0.489 e. The fraction of sp³-hybridized carbons (Fsp3) is 0.500. The summed E-state index contributed by atoms with van der Waals surface area (Å²) < 4.78 is 27.2. The van der Waals surface area contributed by atoms with Crippen molar-refractivity contribution in [3.05, 3.63) is 40.7 Å². The van der Waals surface area contributed by atoms with Crippen molar-refractivity contribution in [1.29, 1.82) is 5.26 Å². The smallest absolute Gasteiger partial charge is 0.328 e. The molecule has 1 N–H and O–H groups in total. The van der Waals surface area contributed by atoms with Crippen LogP contribution in [0.2, 0.25) is 0 Å². The molecule has 3 amide bonds. The van der Waals surface area contributed by atoms with E-state index in [0.717, 1.165) is 12.8 Å². The van der Waals surface area contributed by atoms with Gasteiger partial charge in [-0.25, -0.2) is 19.2 Å². The van der Waals surface area contributed by atoms with Crippen LogP contribution in [0.5, 0.6) is 5.75 Å². The third-order valence-electron chi connectivity index (χ3n) is 8.18. The second-order valence-electron chi connectivity index (χ2n) is 11.0. The Hall–Kier alpha value is -4.15. The number of aromatic nitrogens is 2. The summed E-state index contributed by atoms with van der Waals surface area (Å²) in [5, 5.41) is 12.2. The van der Waals surface area contributed by atoms with E-state index in [1.165, 1.54) is 17.2 Å². The van der Waals surface area contributed by atoms with Crippen LogP contribution >= 0.6 is 0 Å². The Labute approximate surface area is 236 Å². The van der Waals surface area contributed by atoms with Crippen LogP contribution < -0.4 is 15.0 Å². The maximum atomic E-state index is 15.8. The number of rotatable bonds is 7. The highest BCUT2D eigenvalue weighted by molar-refractivity contribution is 6.03. The molecule has 3 fully saturated rings. The van der Waals surface area contributed by atoms with Crippen molar-refractivity contribution in [3.8, 4) is 11.8 Å². The average Bonchev–Trinajstić information content (AvgIpc) is 3.46. The molecule has 6 heterocycles. The number of halogens is 1. The lowest BCUT2D eigenvalue weighted by molar-refractivity contribution is -0.136. The number of nitriles is 1. The molecule has 13 heteroatoms. The fourth-order valence-corrected chi connectivity index (χ4v) is 5.86. The van der Waals surface area contributed by atoms with E-state index in [-0.39, 0.29) is 78.8 Å². The molecule has 1 aliphatic carbocycles. The van der Waals surface area contributed by atoms with E-state index < -0.39 is 17.7 Å². The molecule has 214 valence electrons. The van der Waals surface area contributed by atoms with Crippen molar-refractivity contribution < 1.29 is 28.2 Å². The first-order valence-corrected chi connectivity index (χ1v) is 13.7. The number of carbonyl (C=O) groups excluding carboxylic acids is 3. The zero-order valence-corrected chi connectivity index (χ0v) is 22.6. The highest BCUT2D eigenvalue weighted by Gasteiger charge is 2.57. The molecule has 1 unspecified atom stereocenters. The van der Waals surface area contributed by atoms with Crippen LogP contribution in [-0.2, 0) is 21.7 Å². The van der Waals surface area contributed by atoms with Gasteiger partial charge < -0.3 is 14.4 Å². The number of piperazine rings is 1. The van der Waals surface area contributed by atoms with Crippen molar-refractivity contribution in [2.24, 2.45) is 0 Å². The van der Waals surface area contributed by atoms with Gasteiger partial charge in [-0.05, 0) is 26.0 Å². The molecule has 4 aliphatic heterocycles. The van der Waals surface area contributed by atoms with Crippen molar-refractivity contribution in [1.82, 2.24) is 19.8 Å². The summed E-state index contributed by atoms with van der Waals surface area (Å²) in [5.41, 5.74) is -0.720. The first-order valence-electron chi connectivity index (χ1n) is 13.7. The van der Waals surface area contributed by atoms with Gasteiger partial charge in [0.2, 0.25) is 5.91 Å². The van der Waals surface area contributed by atoms with Crippen LogP contribution in [0.4, 0.5) is 20.8 Å². The van der Waals surface area contributed by atoms with Crippen molar-refractivity contribution in [3.63, 3.8) is 0 Å². The molecule has 7 rings (SSSR count). The number of likely N-dealkylation sites (N-methyl/N-ethyl adjacent to an activating group) is 1. The quantitative estimate of drug-likeness (QED) is 0.503. The third-order valence-corrected chi connectivity index (χ3v) is 8.18. The summed E-state index contributed by atoms with van der Waals surface area (Å²) in [6.07, 6.45) is 3.83. The van der Waals surface area contributed by atoms with Crippen LogP contribution in [0.3, 0.4) is 0 Å². The van der Waals surface area contributed by atoms with Gasteiger partial charge in [-0.3, -0.25) is 24.7 Å². The molecule has 0 radical (unpaired) electrons. The van der Waals surface area contributed by atoms with Gasteiger partial charge >= 0.3 is 6.03 Å². The van der Waals surface area contributed by atoms with Gasteiger partial charge in [0.25, 0.3) is 0 Å². The normalized spacial score (nSPS) is 25.2. The number of aldehydes is 1. The Morgan fingerprint density at radius 1 is 1.37 bits per heavy atom. The highest BCUT2D eigenvalue weighted by atomic mass is 19.1. The van der Waals surface area contributed by atoms with E-state index >= 15 is 4.39 Å². The molecule has 0 aromatic carbocycles. The lowest BCUT2D eigenvalue weighted by Gasteiger charge is -2.52.